The Morgan fingerprint density at radius 3 is 2.57 bits per heavy atom. The summed E-state index contributed by atoms with van der Waals surface area (Å²) in [5.41, 5.74) is 2.55. The van der Waals surface area contributed by atoms with E-state index in [0.29, 0.717) is 18.8 Å². The van der Waals surface area contributed by atoms with Gasteiger partial charge in [0.2, 0.25) is 0 Å². The highest BCUT2D eigenvalue weighted by molar-refractivity contribution is 5.92. The van der Waals surface area contributed by atoms with Crippen molar-refractivity contribution in [2.24, 2.45) is 0 Å². The zero-order valence-electron chi connectivity index (χ0n) is 16.9. The topological polar surface area (TPSA) is 57.7 Å². The lowest BCUT2D eigenvalue weighted by molar-refractivity contribution is 0.0741. The number of rotatable bonds is 8. The van der Waals surface area contributed by atoms with Crippen LogP contribution in [0.2, 0.25) is 0 Å². The number of carbonyl (C=O) groups excluding carboxylic acids is 1. The van der Waals surface area contributed by atoms with Gasteiger partial charge < -0.3 is 19.9 Å². The largest absolute Gasteiger partial charge is 0.495 e. The second kappa shape index (κ2) is 9.97. The lowest BCUT2D eigenvalue weighted by atomic mass is 10.2. The number of amides is 1. The molecule has 150 valence electrons. The van der Waals surface area contributed by atoms with Crippen LogP contribution in [0.1, 0.15) is 36.7 Å². The quantitative estimate of drug-likeness (QED) is 0.706. The summed E-state index contributed by atoms with van der Waals surface area (Å²) < 4.78 is 5.46. The van der Waals surface area contributed by atoms with Gasteiger partial charge in [-0.25, -0.2) is 4.98 Å². The van der Waals surface area contributed by atoms with E-state index < -0.39 is 0 Å². The minimum Gasteiger partial charge on any atom is -0.495 e. The van der Waals surface area contributed by atoms with E-state index in [-0.39, 0.29) is 5.91 Å². The first kappa shape index (κ1) is 20.0. The van der Waals surface area contributed by atoms with Crippen molar-refractivity contribution in [2.45, 2.75) is 26.2 Å². The summed E-state index contributed by atoms with van der Waals surface area (Å²) in [7, 11) is 1.69. The molecule has 6 nitrogen and oxygen atoms in total. The maximum Gasteiger partial charge on any atom is 0.272 e. The van der Waals surface area contributed by atoms with E-state index in [1.54, 1.807) is 13.3 Å². The van der Waals surface area contributed by atoms with Crippen molar-refractivity contribution in [1.82, 2.24) is 9.88 Å². The van der Waals surface area contributed by atoms with E-state index in [9.17, 15) is 4.79 Å². The Labute approximate surface area is 167 Å². The number of hydrogen-bond donors (Lipinski definition) is 1. The Morgan fingerprint density at radius 2 is 1.89 bits per heavy atom. The van der Waals surface area contributed by atoms with Gasteiger partial charge in [0.05, 0.1) is 24.7 Å². The first-order chi connectivity index (χ1) is 13.7. The molecule has 2 aromatic rings. The van der Waals surface area contributed by atoms with Crippen molar-refractivity contribution in [1.29, 1.82) is 0 Å². The molecular formula is C22H30N4O2. The summed E-state index contributed by atoms with van der Waals surface area (Å²) in [5.74, 6) is 0.864. The molecule has 1 aromatic carbocycles. The lowest BCUT2D eigenvalue weighted by Gasteiger charge is -2.36. The molecule has 0 saturated carbocycles. The van der Waals surface area contributed by atoms with Crippen molar-refractivity contribution in [2.75, 3.05) is 50.1 Å². The third kappa shape index (κ3) is 4.94. The van der Waals surface area contributed by atoms with E-state index in [2.05, 4.69) is 28.2 Å². The molecule has 1 saturated heterocycles. The number of unbranched alkanes of at least 4 members (excludes halogenated alkanes) is 2. The Balaban J connectivity index is 1.53. The van der Waals surface area contributed by atoms with E-state index in [1.807, 2.05) is 35.2 Å². The van der Waals surface area contributed by atoms with E-state index in [4.69, 9.17) is 4.74 Å². The summed E-state index contributed by atoms with van der Waals surface area (Å²) in [5, 5.41) is 3.35. The molecule has 3 rings (SSSR count). The van der Waals surface area contributed by atoms with Crippen LogP contribution in [0.5, 0.6) is 5.75 Å². The van der Waals surface area contributed by atoms with Crippen LogP contribution in [0.25, 0.3) is 0 Å². The average Bonchev–Trinajstić information content (AvgIpc) is 2.77. The number of hydrogen-bond acceptors (Lipinski definition) is 5. The highest BCUT2D eigenvalue weighted by Crippen LogP contribution is 2.28. The Bertz CT molecular complexity index is 755. The average molecular weight is 383 g/mol. The SMILES string of the molecule is CCCCCNc1ccc(C(=O)N2CCN(c3ccccc3OC)CC2)nc1. The van der Waals surface area contributed by atoms with E-state index >= 15 is 0 Å². The molecule has 1 aromatic heterocycles. The van der Waals surface area contributed by atoms with Gasteiger partial charge in [-0.3, -0.25) is 4.79 Å². The molecule has 1 fully saturated rings. The van der Waals surface area contributed by atoms with Gasteiger partial charge in [-0.05, 0) is 30.7 Å². The number of benzene rings is 1. The second-order valence-corrected chi connectivity index (χ2v) is 7.02. The number of piperazine rings is 1. The fourth-order valence-corrected chi connectivity index (χ4v) is 3.44. The second-order valence-electron chi connectivity index (χ2n) is 7.02. The molecule has 0 atom stereocenters. The fraction of sp³-hybridized carbons (Fsp3) is 0.455. The van der Waals surface area contributed by atoms with Crippen LogP contribution < -0.4 is 15.0 Å². The number of pyridine rings is 1. The van der Waals surface area contributed by atoms with Crippen LogP contribution in [0.3, 0.4) is 0 Å². The molecule has 1 amide bonds. The van der Waals surface area contributed by atoms with Gasteiger partial charge in [-0.15, -0.1) is 0 Å². The van der Waals surface area contributed by atoms with Crippen molar-refractivity contribution in [3.63, 3.8) is 0 Å². The maximum absolute atomic E-state index is 12.8. The minimum atomic E-state index is -0.00258. The van der Waals surface area contributed by atoms with Crippen LogP contribution in [0.4, 0.5) is 11.4 Å². The number of nitrogens with zero attached hydrogens (tertiary/aromatic N) is 3. The molecule has 1 N–H and O–H groups in total. The predicted molar refractivity (Wildman–Crippen MR) is 113 cm³/mol. The highest BCUT2D eigenvalue weighted by atomic mass is 16.5. The molecule has 6 heteroatoms. The fourth-order valence-electron chi connectivity index (χ4n) is 3.44. The van der Waals surface area contributed by atoms with Crippen molar-refractivity contribution < 1.29 is 9.53 Å². The summed E-state index contributed by atoms with van der Waals surface area (Å²) in [6.07, 6.45) is 5.33. The monoisotopic (exact) mass is 382 g/mol. The Morgan fingerprint density at radius 1 is 1.11 bits per heavy atom. The lowest BCUT2D eigenvalue weighted by Crippen LogP contribution is -2.49. The first-order valence-corrected chi connectivity index (χ1v) is 10.1. The number of methoxy groups -OCH3 is 1. The number of ether oxygens (including phenoxy) is 1. The molecule has 0 aliphatic carbocycles. The third-order valence-corrected chi connectivity index (χ3v) is 5.08. The van der Waals surface area contributed by atoms with Crippen molar-refractivity contribution in [3.05, 3.63) is 48.3 Å². The molecule has 2 heterocycles. The Hall–Kier alpha value is -2.76. The van der Waals surface area contributed by atoms with E-state index in [1.165, 1.54) is 12.8 Å². The number of nitrogens with one attached hydrogen (secondary N) is 1. The molecule has 1 aliphatic rings. The van der Waals surface area contributed by atoms with Crippen molar-refractivity contribution >= 4 is 17.3 Å². The molecule has 0 spiro atoms. The molecule has 0 radical (unpaired) electrons. The summed E-state index contributed by atoms with van der Waals surface area (Å²) in [4.78, 5) is 21.3. The van der Waals surface area contributed by atoms with Crippen LogP contribution in [0, 0.1) is 0 Å². The maximum atomic E-state index is 12.8. The Kier molecular flexibility index (Phi) is 7.12. The number of carbonyl (C=O) groups is 1. The molecule has 1 aliphatic heterocycles. The number of anilines is 2. The standard InChI is InChI=1S/C22H30N4O2/c1-3-4-7-12-23-18-10-11-19(24-17-18)22(27)26-15-13-25(14-16-26)20-8-5-6-9-21(20)28-2/h5-6,8-11,17,23H,3-4,7,12-16H2,1-2H3. The number of aromatic nitrogens is 1. The van der Waals surface area contributed by atoms with Crippen LogP contribution in [-0.4, -0.2) is 55.6 Å². The summed E-state index contributed by atoms with van der Waals surface area (Å²) in [6, 6.07) is 11.8. The smallest absolute Gasteiger partial charge is 0.272 e. The van der Waals surface area contributed by atoms with Gasteiger partial charge in [-0.2, -0.15) is 0 Å². The van der Waals surface area contributed by atoms with Gasteiger partial charge in [0.1, 0.15) is 11.4 Å². The van der Waals surface area contributed by atoms with Crippen LogP contribution in [0.15, 0.2) is 42.6 Å². The van der Waals surface area contributed by atoms with Crippen LogP contribution >= 0.6 is 0 Å². The molecular weight excluding hydrogens is 352 g/mol. The van der Waals surface area contributed by atoms with Gasteiger partial charge in [-0.1, -0.05) is 31.9 Å². The third-order valence-electron chi connectivity index (χ3n) is 5.08. The van der Waals surface area contributed by atoms with Gasteiger partial charge in [0, 0.05) is 32.7 Å². The predicted octanol–water partition coefficient (Wildman–Crippen LogP) is 3.65. The first-order valence-electron chi connectivity index (χ1n) is 10.1. The molecule has 0 unspecified atom stereocenters. The molecule has 0 bridgehead atoms. The van der Waals surface area contributed by atoms with Crippen LogP contribution in [-0.2, 0) is 0 Å². The normalized spacial score (nSPS) is 14.1. The van der Waals surface area contributed by atoms with Gasteiger partial charge in [0.25, 0.3) is 5.91 Å². The minimum absolute atomic E-state index is 0.00258. The summed E-state index contributed by atoms with van der Waals surface area (Å²) >= 11 is 0. The zero-order chi connectivity index (χ0) is 19.8. The van der Waals surface area contributed by atoms with Gasteiger partial charge >= 0.3 is 0 Å². The van der Waals surface area contributed by atoms with Crippen molar-refractivity contribution in [3.8, 4) is 5.75 Å². The number of para-hydroxylation sites is 2. The van der Waals surface area contributed by atoms with Gasteiger partial charge in [0.15, 0.2) is 0 Å². The molecule has 28 heavy (non-hydrogen) atoms. The highest BCUT2D eigenvalue weighted by Gasteiger charge is 2.24. The van der Waals surface area contributed by atoms with E-state index in [0.717, 1.165) is 43.2 Å². The zero-order valence-corrected chi connectivity index (χ0v) is 16.9. The summed E-state index contributed by atoms with van der Waals surface area (Å²) in [6.45, 7) is 6.05.